The molecule has 0 aliphatic heterocycles. The molecule has 18 heavy (non-hydrogen) atoms. The van der Waals surface area contributed by atoms with Crippen LogP contribution >= 0.6 is 11.3 Å². The minimum absolute atomic E-state index is 0.0952. The fourth-order valence-corrected chi connectivity index (χ4v) is 2.67. The molecule has 0 fully saturated rings. The molecule has 2 aromatic rings. The Bertz CT molecular complexity index is 538. The van der Waals surface area contributed by atoms with Crippen molar-refractivity contribution < 1.29 is 9.50 Å². The smallest absolute Gasteiger partial charge is 0.123 e. The van der Waals surface area contributed by atoms with E-state index in [1.165, 1.54) is 28.6 Å². The Labute approximate surface area is 110 Å². The van der Waals surface area contributed by atoms with Crippen LogP contribution < -0.4 is 5.32 Å². The topological polar surface area (TPSA) is 32.3 Å². The first-order valence-corrected chi connectivity index (χ1v) is 6.70. The number of aryl methyl sites for hydroxylation is 1. The summed E-state index contributed by atoms with van der Waals surface area (Å²) in [5.41, 5.74) is 1.84. The van der Waals surface area contributed by atoms with Crippen molar-refractivity contribution in [2.45, 2.75) is 26.4 Å². The molecule has 1 aromatic heterocycles. The molecule has 0 aliphatic carbocycles. The Hall–Kier alpha value is -1.39. The van der Waals surface area contributed by atoms with Crippen LogP contribution in [-0.2, 0) is 6.54 Å². The zero-order chi connectivity index (χ0) is 13.1. The van der Waals surface area contributed by atoms with Crippen LogP contribution in [0.4, 0.5) is 4.39 Å². The first-order chi connectivity index (χ1) is 8.58. The van der Waals surface area contributed by atoms with Crippen molar-refractivity contribution in [3.63, 3.8) is 0 Å². The Morgan fingerprint density at radius 3 is 2.83 bits per heavy atom. The Morgan fingerprint density at radius 1 is 1.39 bits per heavy atom. The van der Waals surface area contributed by atoms with E-state index in [2.05, 4.69) is 23.7 Å². The minimum atomic E-state index is -0.330. The maximum Gasteiger partial charge on any atom is 0.123 e. The van der Waals surface area contributed by atoms with E-state index in [4.69, 9.17) is 0 Å². The predicted molar refractivity (Wildman–Crippen MR) is 72.4 cm³/mol. The lowest BCUT2D eigenvalue weighted by Crippen LogP contribution is -2.18. The van der Waals surface area contributed by atoms with E-state index in [0.717, 1.165) is 6.54 Å². The van der Waals surface area contributed by atoms with Crippen molar-refractivity contribution in [3.05, 3.63) is 51.5 Å². The largest absolute Gasteiger partial charge is 0.508 e. The lowest BCUT2D eigenvalue weighted by atomic mass is 10.1. The molecule has 2 rings (SSSR count). The molecule has 1 unspecified atom stereocenters. The van der Waals surface area contributed by atoms with E-state index in [9.17, 15) is 9.50 Å². The molecule has 0 bridgehead atoms. The summed E-state index contributed by atoms with van der Waals surface area (Å²) in [5.74, 6) is -0.206. The summed E-state index contributed by atoms with van der Waals surface area (Å²) in [7, 11) is 0. The average molecular weight is 265 g/mol. The Kier molecular flexibility index (Phi) is 3.99. The molecular formula is C14H16FNOS. The van der Waals surface area contributed by atoms with E-state index < -0.39 is 0 Å². The van der Waals surface area contributed by atoms with Crippen LogP contribution in [-0.4, -0.2) is 5.11 Å². The van der Waals surface area contributed by atoms with E-state index in [0.29, 0.717) is 5.56 Å². The van der Waals surface area contributed by atoms with Crippen molar-refractivity contribution >= 4 is 11.3 Å². The quantitative estimate of drug-likeness (QED) is 0.882. The van der Waals surface area contributed by atoms with Crippen LogP contribution in [0.15, 0.2) is 29.6 Å². The van der Waals surface area contributed by atoms with Crippen LogP contribution in [0.5, 0.6) is 5.75 Å². The van der Waals surface area contributed by atoms with Crippen molar-refractivity contribution in [1.29, 1.82) is 0 Å². The summed E-state index contributed by atoms with van der Waals surface area (Å²) in [4.78, 5) is 1.26. The van der Waals surface area contributed by atoms with Crippen LogP contribution in [0.25, 0.3) is 0 Å². The molecule has 96 valence electrons. The molecule has 2 nitrogen and oxygen atoms in total. The highest BCUT2D eigenvalue weighted by Crippen LogP contribution is 2.25. The fraction of sp³-hybridized carbons (Fsp3) is 0.286. The summed E-state index contributed by atoms with van der Waals surface area (Å²) < 4.78 is 13.1. The van der Waals surface area contributed by atoms with E-state index in [1.54, 1.807) is 11.3 Å². The van der Waals surface area contributed by atoms with Gasteiger partial charge in [0.1, 0.15) is 11.6 Å². The van der Waals surface area contributed by atoms with Gasteiger partial charge in [-0.1, -0.05) is 0 Å². The highest BCUT2D eigenvalue weighted by Gasteiger charge is 2.11. The van der Waals surface area contributed by atoms with Gasteiger partial charge in [0, 0.05) is 23.0 Å². The molecule has 0 aliphatic rings. The van der Waals surface area contributed by atoms with Gasteiger partial charge in [-0.25, -0.2) is 4.39 Å². The third-order valence-corrected chi connectivity index (χ3v) is 4.02. The molecule has 0 saturated heterocycles. The van der Waals surface area contributed by atoms with Gasteiger partial charge in [0.15, 0.2) is 0 Å². The van der Waals surface area contributed by atoms with Crippen LogP contribution in [0.1, 0.15) is 29.0 Å². The molecule has 2 N–H and O–H groups in total. The lowest BCUT2D eigenvalue weighted by molar-refractivity contribution is 0.449. The normalized spacial score (nSPS) is 12.6. The molecular weight excluding hydrogens is 249 g/mol. The van der Waals surface area contributed by atoms with Crippen LogP contribution in [0.2, 0.25) is 0 Å². The monoisotopic (exact) mass is 265 g/mol. The summed E-state index contributed by atoms with van der Waals surface area (Å²) in [5, 5.41) is 15.1. The van der Waals surface area contributed by atoms with Crippen molar-refractivity contribution in [2.24, 2.45) is 0 Å². The first kappa shape index (κ1) is 13.1. The molecule has 1 heterocycles. The zero-order valence-corrected chi connectivity index (χ0v) is 11.2. The second kappa shape index (κ2) is 5.50. The number of halogens is 1. The predicted octanol–water partition coefficient (Wildman–Crippen LogP) is 3.75. The number of rotatable bonds is 4. The SMILES string of the molecule is Cc1ccsc1CNC(C)c1cc(F)ccc1O. The lowest BCUT2D eigenvalue weighted by Gasteiger charge is -2.15. The zero-order valence-electron chi connectivity index (χ0n) is 10.4. The number of phenols is 1. The van der Waals surface area contributed by atoms with Gasteiger partial charge in [-0.05, 0) is 49.1 Å². The van der Waals surface area contributed by atoms with E-state index in [1.807, 2.05) is 6.92 Å². The average Bonchev–Trinajstić information content (AvgIpc) is 2.75. The Balaban J connectivity index is 2.06. The summed E-state index contributed by atoms with van der Waals surface area (Å²) >= 11 is 1.69. The molecule has 0 amide bonds. The number of benzene rings is 1. The van der Waals surface area contributed by atoms with Gasteiger partial charge in [0.2, 0.25) is 0 Å². The van der Waals surface area contributed by atoms with Gasteiger partial charge in [0.05, 0.1) is 0 Å². The van der Waals surface area contributed by atoms with Crippen LogP contribution in [0, 0.1) is 12.7 Å². The Morgan fingerprint density at radius 2 is 2.17 bits per heavy atom. The molecule has 0 spiro atoms. The van der Waals surface area contributed by atoms with Gasteiger partial charge in [-0.3, -0.25) is 0 Å². The molecule has 0 saturated carbocycles. The van der Waals surface area contributed by atoms with Gasteiger partial charge in [-0.2, -0.15) is 0 Å². The number of thiophene rings is 1. The molecule has 4 heteroatoms. The summed E-state index contributed by atoms with van der Waals surface area (Å²) in [6, 6.07) is 6.00. The second-order valence-electron chi connectivity index (χ2n) is 4.33. The molecule has 0 radical (unpaired) electrons. The van der Waals surface area contributed by atoms with Gasteiger partial charge >= 0.3 is 0 Å². The number of phenolic OH excluding ortho intramolecular Hbond substituents is 1. The third-order valence-electron chi connectivity index (χ3n) is 2.99. The van der Waals surface area contributed by atoms with Gasteiger partial charge < -0.3 is 10.4 Å². The van der Waals surface area contributed by atoms with Gasteiger partial charge in [-0.15, -0.1) is 11.3 Å². The minimum Gasteiger partial charge on any atom is -0.508 e. The molecule has 1 atom stereocenters. The summed E-state index contributed by atoms with van der Waals surface area (Å²) in [6.07, 6.45) is 0. The van der Waals surface area contributed by atoms with Crippen molar-refractivity contribution in [3.8, 4) is 5.75 Å². The third kappa shape index (κ3) is 2.89. The maximum atomic E-state index is 13.1. The standard InChI is InChI=1S/C14H16FNOS/c1-9-5-6-18-14(9)8-16-10(2)12-7-11(15)3-4-13(12)17/h3-7,10,16-17H,8H2,1-2H3. The van der Waals surface area contributed by atoms with Gasteiger partial charge in [0.25, 0.3) is 0 Å². The van der Waals surface area contributed by atoms with E-state index >= 15 is 0 Å². The number of hydrogen-bond donors (Lipinski definition) is 2. The highest BCUT2D eigenvalue weighted by molar-refractivity contribution is 7.10. The second-order valence-corrected chi connectivity index (χ2v) is 5.33. The summed E-state index contributed by atoms with van der Waals surface area (Å²) in [6.45, 7) is 4.70. The van der Waals surface area contributed by atoms with Crippen molar-refractivity contribution in [2.75, 3.05) is 0 Å². The van der Waals surface area contributed by atoms with Crippen molar-refractivity contribution in [1.82, 2.24) is 5.32 Å². The number of aromatic hydroxyl groups is 1. The van der Waals surface area contributed by atoms with Crippen LogP contribution in [0.3, 0.4) is 0 Å². The number of hydrogen-bond acceptors (Lipinski definition) is 3. The number of nitrogens with one attached hydrogen (secondary N) is 1. The molecule has 1 aromatic carbocycles. The maximum absolute atomic E-state index is 13.1. The first-order valence-electron chi connectivity index (χ1n) is 5.82. The van der Waals surface area contributed by atoms with E-state index in [-0.39, 0.29) is 17.6 Å². The fourth-order valence-electron chi connectivity index (χ4n) is 1.81. The highest BCUT2D eigenvalue weighted by atomic mass is 32.1.